The Morgan fingerprint density at radius 1 is 0.800 bits per heavy atom. The summed E-state index contributed by atoms with van der Waals surface area (Å²) in [5.74, 6) is 0.346. The number of hydrogen-bond acceptors (Lipinski definition) is 1. The molecule has 1 heteroatoms. The van der Waals surface area contributed by atoms with E-state index in [0.717, 1.165) is 12.8 Å². The first-order chi connectivity index (χ1) is 7.43. The SMILES string of the molecule is O=CC1CCCCC/C=C/CCCCC1. The summed E-state index contributed by atoms with van der Waals surface area (Å²) in [6.45, 7) is 0. The topological polar surface area (TPSA) is 17.1 Å². The molecule has 0 unspecified atom stereocenters. The van der Waals surface area contributed by atoms with Gasteiger partial charge in [-0.15, -0.1) is 0 Å². The van der Waals surface area contributed by atoms with Crippen LogP contribution in [0.4, 0.5) is 0 Å². The molecule has 1 rings (SSSR count). The molecule has 0 N–H and O–H groups in total. The van der Waals surface area contributed by atoms with Gasteiger partial charge in [-0.25, -0.2) is 0 Å². The normalized spacial score (nSPS) is 24.5. The van der Waals surface area contributed by atoms with Gasteiger partial charge in [-0.1, -0.05) is 37.8 Å². The molecule has 1 aliphatic carbocycles. The van der Waals surface area contributed by atoms with Gasteiger partial charge in [0.25, 0.3) is 0 Å². The van der Waals surface area contributed by atoms with Gasteiger partial charge in [0.1, 0.15) is 6.29 Å². The van der Waals surface area contributed by atoms with Crippen molar-refractivity contribution >= 4 is 6.29 Å². The minimum absolute atomic E-state index is 0.346. The lowest BCUT2D eigenvalue weighted by molar-refractivity contribution is -0.111. The van der Waals surface area contributed by atoms with Crippen molar-refractivity contribution in [3.05, 3.63) is 12.2 Å². The minimum atomic E-state index is 0.346. The van der Waals surface area contributed by atoms with Crippen molar-refractivity contribution < 1.29 is 4.79 Å². The largest absolute Gasteiger partial charge is 0.303 e. The summed E-state index contributed by atoms with van der Waals surface area (Å²) in [6, 6.07) is 0. The minimum Gasteiger partial charge on any atom is -0.303 e. The van der Waals surface area contributed by atoms with E-state index < -0.39 is 0 Å². The molecule has 0 amide bonds. The number of allylic oxidation sites excluding steroid dienone is 2. The molecule has 1 nitrogen and oxygen atoms in total. The predicted octanol–water partition coefficient (Wildman–Crippen LogP) is 4.27. The van der Waals surface area contributed by atoms with Gasteiger partial charge < -0.3 is 4.79 Å². The highest BCUT2D eigenvalue weighted by molar-refractivity contribution is 5.53. The molecule has 0 aromatic rings. The van der Waals surface area contributed by atoms with E-state index in [2.05, 4.69) is 12.2 Å². The summed E-state index contributed by atoms with van der Waals surface area (Å²) in [5.41, 5.74) is 0. The lowest BCUT2D eigenvalue weighted by Gasteiger charge is -2.08. The van der Waals surface area contributed by atoms with Gasteiger partial charge in [0, 0.05) is 5.92 Å². The molecule has 0 saturated heterocycles. The van der Waals surface area contributed by atoms with Crippen LogP contribution in [0.2, 0.25) is 0 Å². The molecule has 0 heterocycles. The second kappa shape index (κ2) is 8.70. The first kappa shape index (κ1) is 12.5. The van der Waals surface area contributed by atoms with Gasteiger partial charge >= 0.3 is 0 Å². The van der Waals surface area contributed by atoms with Crippen molar-refractivity contribution in [3.8, 4) is 0 Å². The fourth-order valence-corrected chi connectivity index (χ4v) is 2.21. The monoisotopic (exact) mass is 208 g/mol. The second-order valence-corrected chi connectivity index (χ2v) is 4.64. The Hall–Kier alpha value is -0.590. The van der Waals surface area contributed by atoms with Crippen molar-refractivity contribution in [2.45, 2.75) is 64.2 Å². The van der Waals surface area contributed by atoms with Crippen LogP contribution in [0.5, 0.6) is 0 Å². The fraction of sp³-hybridized carbons (Fsp3) is 0.786. The van der Waals surface area contributed by atoms with Crippen LogP contribution in [0.25, 0.3) is 0 Å². The van der Waals surface area contributed by atoms with E-state index in [9.17, 15) is 4.79 Å². The van der Waals surface area contributed by atoms with Gasteiger partial charge in [0.05, 0.1) is 0 Å². The number of carbonyl (C=O) groups excluding carboxylic acids is 1. The van der Waals surface area contributed by atoms with Crippen LogP contribution in [0.1, 0.15) is 64.2 Å². The lowest BCUT2D eigenvalue weighted by atomic mass is 9.96. The van der Waals surface area contributed by atoms with E-state index in [0.29, 0.717) is 5.92 Å². The molecular weight excluding hydrogens is 184 g/mol. The molecule has 0 aliphatic heterocycles. The molecule has 0 aromatic carbocycles. The highest BCUT2D eigenvalue weighted by Crippen LogP contribution is 2.17. The van der Waals surface area contributed by atoms with E-state index in [1.807, 2.05) is 0 Å². The van der Waals surface area contributed by atoms with E-state index in [1.165, 1.54) is 57.7 Å². The molecule has 0 saturated carbocycles. The smallest absolute Gasteiger partial charge is 0.123 e. The Kier molecular flexibility index (Phi) is 7.24. The predicted molar refractivity (Wildman–Crippen MR) is 64.9 cm³/mol. The van der Waals surface area contributed by atoms with E-state index in [-0.39, 0.29) is 0 Å². The van der Waals surface area contributed by atoms with Crippen LogP contribution in [-0.2, 0) is 4.79 Å². The average molecular weight is 208 g/mol. The summed E-state index contributed by atoms with van der Waals surface area (Å²) < 4.78 is 0. The van der Waals surface area contributed by atoms with Gasteiger partial charge in [-0.2, -0.15) is 0 Å². The Morgan fingerprint density at radius 2 is 1.33 bits per heavy atom. The standard InChI is InChI=1S/C14H24O/c15-13-14-11-9-7-5-3-1-2-4-6-8-10-12-14/h1-2,13-14H,3-12H2/b2-1+. The second-order valence-electron chi connectivity index (χ2n) is 4.64. The van der Waals surface area contributed by atoms with Crippen molar-refractivity contribution in [1.82, 2.24) is 0 Å². The maximum absolute atomic E-state index is 10.8. The molecular formula is C14H24O. The van der Waals surface area contributed by atoms with Crippen LogP contribution in [0.3, 0.4) is 0 Å². The molecule has 1 aliphatic rings. The summed E-state index contributed by atoms with van der Waals surface area (Å²) in [4.78, 5) is 10.8. The Balaban J connectivity index is 2.26. The summed E-state index contributed by atoms with van der Waals surface area (Å²) in [6.07, 6.45) is 18.2. The first-order valence-electron chi connectivity index (χ1n) is 6.54. The zero-order valence-corrected chi connectivity index (χ0v) is 9.79. The zero-order valence-electron chi connectivity index (χ0n) is 9.79. The van der Waals surface area contributed by atoms with Gasteiger partial charge in [0.15, 0.2) is 0 Å². The maximum Gasteiger partial charge on any atom is 0.123 e. The van der Waals surface area contributed by atoms with Crippen LogP contribution >= 0.6 is 0 Å². The number of carbonyl (C=O) groups is 1. The molecule has 0 radical (unpaired) electrons. The third-order valence-corrected chi connectivity index (χ3v) is 3.25. The third-order valence-electron chi connectivity index (χ3n) is 3.25. The van der Waals surface area contributed by atoms with Gasteiger partial charge in [-0.3, -0.25) is 0 Å². The van der Waals surface area contributed by atoms with Crippen LogP contribution in [-0.4, -0.2) is 6.29 Å². The molecule has 15 heavy (non-hydrogen) atoms. The number of rotatable bonds is 1. The first-order valence-corrected chi connectivity index (χ1v) is 6.54. The van der Waals surface area contributed by atoms with Crippen molar-refractivity contribution in [1.29, 1.82) is 0 Å². The third kappa shape index (κ3) is 6.48. The van der Waals surface area contributed by atoms with Crippen LogP contribution in [0, 0.1) is 5.92 Å². The Bertz CT molecular complexity index is 168. The van der Waals surface area contributed by atoms with E-state index in [1.54, 1.807) is 0 Å². The molecule has 0 fully saturated rings. The molecule has 86 valence electrons. The fourth-order valence-electron chi connectivity index (χ4n) is 2.21. The molecule has 0 aromatic heterocycles. The van der Waals surface area contributed by atoms with Crippen LogP contribution < -0.4 is 0 Å². The van der Waals surface area contributed by atoms with Crippen molar-refractivity contribution in [2.75, 3.05) is 0 Å². The summed E-state index contributed by atoms with van der Waals surface area (Å²) in [5, 5.41) is 0. The van der Waals surface area contributed by atoms with E-state index in [4.69, 9.17) is 0 Å². The van der Waals surface area contributed by atoms with Crippen molar-refractivity contribution in [2.24, 2.45) is 5.92 Å². The van der Waals surface area contributed by atoms with Crippen molar-refractivity contribution in [3.63, 3.8) is 0 Å². The Morgan fingerprint density at radius 3 is 1.80 bits per heavy atom. The molecule has 0 bridgehead atoms. The Labute approximate surface area is 93.9 Å². The lowest BCUT2D eigenvalue weighted by Crippen LogP contribution is -2.01. The summed E-state index contributed by atoms with van der Waals surface area (Å²) >= 11 is 0. The average Bonchev–Trinajstić information content (AvgIpc) is 2.29. The zero-order chi connectivity index (χ0) is 10.8. The highest BCUT2D eigenvalue weighted by Gasteiger charge is 2.06. The molecule has 0 atom stereocenters. The van der Waals surface area contributed by atoms with Gasteiger partial charge in [0.2, 0.25) is 0 Å². The maximum atomic E-state index is 10.8. The summed E-state index contributed by atoms with van der Waals surface area (Å²) in [7, 11) is 0. The van der Waals surface area contributed by atoms with Gasteiger partial charge in [-0.05, 0) is 38.5 Å². The number of aldehydes is 1. The quantitative estimate of drug-likeness (QED) is 0.464. The number of hydrogen-bond donors (Lipinski definition) is 0. The molecule has 0 spiro atoms. The van der Waals surface area contributed by atoms with E-state index >= 15 is 0 Å². The van der Waals surface area contributed by atoms with Crippen LogP contribution in [0.15, 0.2) is 12.2 Å². The highest BCUT2D eigenvalue weighted by atomic mass is 16.1.